The molecule has 0 spiro atoms. The molecule has 0 N–H and O–H groups in total. The molecule has 0 aromatic heterocycles. The van der Waals surface area contributed by atoms with Crippen molar-refractivity contribution >= 4 is 10.8 Å². The maximum absolute atomic E-state index is 15.1. The van der Waals surface area contributed by atoms with Gasteiger partial charge in [-0.25, -0.2) is 4.39 Å². The number of hydrogen-bond acceptors (Lipinski definition) is 2. The number of halogens is 4. The topological polar surface area (TPSA) is 18.5 Å². The van der Waals surface area contributed by atoms with Gasteiger partial charge in [-0.2, -0.15) is 0 Å². The Morgan fingerprint density at radius 1 is 0.727 bits per heavy atom. The summed E-state index contributed by atoms with van der Waals surface area (Å²) in [5.41, 5.74) is 3.36. The molecule has 0 heterocycles. The van der Waals surface area contributed by atoms with E-state index in [-0.39, 0.29) is 11.6 Å². The van der Waals surface area contributed by atoms with Crippen molar-refractivity contribution < 1.29 is 27.0 Å². The minimum Gasteiger partial charge on any atom is -0.494 e. The van der Waals surface area contributed by atoms with E-state index in [1.807, 2.05) is 49.4 Å². The maximum atomic E-state index is 15.1. The van der Waals surface area contributed by atoms with Crippen LogP contribution in [0.4, 0.5) is 17.6 Å². The summed E-state index contributed by atoms with van der Waals surface area (Å²) >= 11 is 0. The Balaban J connectivity index is 1.48. The van der Waals surface area contributed by atoms with Crippen molar-refractivity contribution in [3.05, 3.63) is 95.8 Å². The van der Waals surface area contributed by atoms with E-state index in [1.165, 1.54) is 12.1 Å². The van der Waals surface area contributed by atoms with E-state index in [0.29, 0.717) is 30.4 Å². The summed E-state index contributed by atoms with van der Waals surface area (Å²) < 4.78 is 61.3. The third kappa shape index (κ3) is 5.64. The minimum atomic E-state index is -4.72. The molecule has 170 valence electrons. The Hall–Kier alpha value is -3.54. The van der Waals surface area contributed by atoms with Crippen molar-refractivity contribution in [3.63, 3.8) is 0 Å². The second-order valence-electron chi connectivity index (χ2n) is 7.62. The van der Waals surface area contributed by atoms with Crippen LogP contribution in [-0.2, 0) is 12.8 Å². The Morgan fingerprint density at radius 2 is 1.39 bits per heavy atom. The number of ether oxygens (including phenoxy) is 2. The van der Waals surface area contributed by atoms with Crippen LogP contribution in [0, 0.1) is 5.82 Å². The minimum absolute atomic E-state index is 0.272. The van der Waals surface area contributed by atoms with E-state index < -0.39 is 6.36 Å². The van der Waals surface area contributed by atoms with E-state index in [0.717, 1.165) is 27.8 Å². The molecule has 6 heteroatoms. The van der Waals surface area contributed by atoms with E-state index in [9.17, 15) is 13.2 Å². The molecule has 0 bridgehead atoms. The van der Waals surface area contributed by atoms with Crippen molar-refractivity contribution in [1.82, 2.24) is 0 Å². The van der Waals surface area contributed by atoms with Crippen molar-refractivity contribution in [3.8, 4) is 22.6 Å². The van der Waals surface area contributed by atoms with Crippen molar-refractivity contribution in [1.29, 1.82) is 0 Å². The van der Waals surface area contributed by atoms with Crippen LogP contribution in [0.15, 0.2) is 78.9 Å². The molecule has 4 aromatic carbocycles. The molecule has 0 amide bonds. The summed E-state index contributed by atoms with van der Waals surface area (Å²) in [5, 5.41) is 1.34. The van der Waals surface area contributed by atoms with E-state index in [4.69, 9.17) is 4.74 Å². The molecule has 33 heavy (non-hydrogen) atoms. The second kappa shape index (κ2) is 9.53. The molecule has 0 aliphatic heterocycles. The molecule has 0 radical (unpaired) electrons. The average molecular weight is 454 g/mol. The van der Waals surface area contributed by atoms with Gasteiger partial charge in [0.15, 0.2) is 0 Å². The highest BCUT2D eigenvalue weighted by Crippen LogP contribution is 2.29. The summed E-state index contributed by atoms with van der Waals surface area (Å²) in [5.74, 6) is 0.259. The Morgan fingerprint density at radius 3 is 2.06 bits per heavy atom. The first-order valence-corrected chi connectivity index (χ1v) is 10.6. The summed E-state index contributed by atoms with van der Waals surface area (Å²) in [4.78, 5) is 0. The maximum Gasteiger partial charge on any atom is 0.573 e. The van der Waals surface area contributed by atoms with E-state index in [1.54, 1.807) is 24.3 Å². The molecule has 2 nitrogen and oxygen atoms in total. The van der Waals surface area contributed by atoms with Crippen LogP contribution in [0.25, 0.3) is 21.9 Å². The molecule has 4 rings (SSSR count). The Bertz CT molecular complexity index is 1230. The standard InChI is InChI=1S/C27H22F4O2/c1-2-32-23-14-9-19(10-15-23)21-11-16-25-22(17-21)8-7-20(26(25)28)6-3-18-4-12-24(13-5-18)33-27(29,30)31/h4-5,7-17H,2-3,6H2,1H3. The summed E-state index contributed by atoms with van der Waals surface area (Å²) in [7, 11) is 0. The zero-order valence-corrected chi connectivity index (χ0v) is 18.0. The van der Waals surface area contributed by atoms with Gasteiger partial charge in [-0.05, 0) is 77.7 Å². The zero-order chi connectivity index (χ0) is 23.4. The van der Waals surface area contributed by atoms with Gasteiger partial charge in [0, 0.05) is 5.39 Å². The smallest absolute Gasteiger partial charge is 0.494 e. The summed E-state index contributed by atoms with van der Waals surface area (Å²) in [6, 6.07) is 22.7. The Labute approximate surface area is 189 Å². The number of fused-ring (bicyclic) bond motifs is 1. The normalized spacial score (nSPS) is 11.5. The SMILES string of the molecule is CCOc1ccc(-c2ccc3c(F)c(CCc4ccc(OC(F)(F)F)cc4)ccc3c2)cc1. The van der Waals surface area contributed by atoms with Crippen molar-refractivity contribution in [2.45, 2.75) is 26.1 Å². The fourth-order valence-corrected chi connectivity index (χ4v) is 3.76. The number of alkyl halides is 3. The summed E-state index contributed by atoms with van der Waals surface area (Å²) in [6.07, 6.45) is -3.79. The molecule has 0 saturated heterocycles. The highest BCUT2D eigenvalue weighted by Gasteiger charge is 2.30. The lowest BCUT2D eigenvalue weighted by Crippen LogP contribution is -2.17. The van der Waals surface area contributed by atoms with Crippen LogP contribution < -0.4 is 9.47 Å². The first kappa shape index (κ1) is 22.6. The van der Waals surface area contributed by atoms with Gasteiger partial charge in [0.1, 0.15) is 17.3 Å². The lowest BCUT2D eigenvalue weighted by Gasteiger charge is -2.11. The molecule has 0 unspecified atom stereocenters. The van der Waals surface area contributed by atoms with Crippen LogP contribution in [0.3, 0.4) is 0 Å². The van der Waals surface area contributed by atoms with Gasteiger partial charge in [0.2, 0.25) is 0 Å². The number of benzene rings is 4. The van der Waals surface area contributed by atoms with Crippen LogP contribution in [-0.4, -0.2) is 13.0 Å². The predicted octanol–water partition coefficient (Wildman–Crippen LogP) is 7.73. The lowest BCUT2D eigenvalue weighted by atomic mass is 9.97. The van der Waals surface area contributed by atoms with Gasteiger partial charge in [-0.15, -0.1) is 13.2 Å². The molecular formula is C27H22F4O2. The third-order valence-electron chi connectivity index (χ3n) is 5.37. The molecular weight excluding hydrogens is 432 g/mol. The average Bonchev–Trinajstić information content (AvgIpc) is 2.79. The molecule has 4 aromatic rings. The molecule has 0 fully saturated rings. The van der Waals surface area contributed by atoms with E-state index >= 15 is 4.39 Å². The molecule has 0 saturated carbocycles. The van der Waals surface area contributed by atoms with Gasteiger partial charge in [0.05, 0.1) is 6.61 Å². The number of aryl methyl sites for hydroxylation is 2. The van der Waals surface area contributed by atoms with Gasteiger partial charge in [-0.1, -0.05) is 48.5 Å². The Kier molecular flexibility index (Phi) is 6.54. The monoisotopic (exact) mass is 454 g/mol. The largest absolute Gasteiger partial charge is 0.573 e. The number of hydrogen-bond donors (Lipinski definition) is 0. The first-order chi connectivity index (χ1) is 15.8. The molecule has 0 atom stereocenters. The number of rotatable bonds is 7. The van der Waals surface area contributed by atoms with Gasteiger partial charge >= 0.3 is 6.36 Å². The highest BCUT2D eigenvalue weighted by atomic mass is 19.4. The van der Waals surface area contributed by atoms with E-state index in [2.05, 4.69) is 4.74 Å². The van der Waals surface area contributed by atoms with Crippen LogP contribution in [0.2, 0.25) is 0 Å². The lowest BCUT2D eigenvalue weighted by molar-refractivity contribution is -0.274. The molecule has 0 aliphatic carbocycles. The quantitative estimate of drug-likeness (QED) is 0.266. The highest BCUT2D eigenvalue weighted by molar-refractivity contribution is 5.88. The van der Waals surface area contributed by atoms with Crippen LogP contribution >= 0.6 is 0 Å². The first-order valence-electron chi connectivity index (χ1n) is 10.6. The fourth-order valence-electron chi connectivity index (χ4n) is 3.76. The molecule has 0 aliphatic rings. The second-order valence-corrected chi connectivity index (χ2v) is 7.62. The third-order valence-corrected chi connectivity index (χ3v) is 5.37. The van der Waals surface area contributed by atoms with Crippen molar-refractivity contribution in [2.24, 2.45) is 0 Å². The predicted molar refractivity (Wildman–Crippen MR) is 121 cm³/mol. The summed E-state index contributed by atoms with van der Waals surface area (Å²) in [6.45, 7) is 2.54. The van der Waals surface area contributed by atoms with Gasteiger partial charge < -0.3 is 9.47 Å². The van der Waals surface area contributed by atoms with Gasteiger partial charge in [0.25, 0.3) is 0 Å². The zero-order valence-electron chi connectivity index (χ0n) is 18.0. The van der Waals surface area contributed by atoms with Crippen molar-refractivity contribution in [2.75, 3.05) is 6.61 Å². The fraction of sp³-hybridized carbons (Fsp3) is 0.185. The van der Waals surface area contributed by atoms with Crippen LogP contribution in [0.1, 0.15) is 18.1 Å². The van der Waals surface area contributed by atoms with Gasteiger partial charge in [-0.3, -0.25) is 0 Å². The van der Waals surface area contributed by atoms with Crippen LogP contribution in [0.5, 0.6) is 11.5 Å².